The van der Waals surface area contributed by atoms with Crippen molar-refractivity contribution >= 4 is 23.4 Å². The number of rotatable bonds is 6. The lowest BCUT2D eigenvalue weighted by atomic mass is 10.1. The molecule has 0 fully saturated rings. The fraction of sp³-hybridized carbons (Fsp3) is 0.200. The lowest BCUT2D eigenvalue weighted by Gasteiger charge is -2.16. The first-order valence-corrected chi connectivity index (χ1v) is 10.6. The molecular weight excluding hydrogens is 451 g/mol. The third-order valence-corrected chi connectivity index (χ3v) is 5.47. The first-order valence-electron chi connectivity index (χ1n) is 9.19. The Balaban J connectivity index is 1.82. The maximum Gasteiger partial charge on any atom is 0.418 e. The van der Waals surface area contributed by atoms with Crippen molar-refractivity contribution in [2.24, 2.45) is 0 Å². The van der Waals surface area contributed by atoms with Crippen LogP contribution in [0.3, 0.4) is 0 Å². The molecule has 0 unspecified atom stereocenters. The summed E-state index contributed by atoms with van der Waals surface area (Å²) in [7, 11) is 0. The quantitative estimate of drug-likeness (QED) is 0.333. The highest BCUT2D eigenvalue weighted by molar-refractivity contribution is 7.98. The van der Waals surface area contributed by atoms with E-state index >= 15 is 0 Å². The van der Waals surface area contributed by atoms with Crippen LogP contribution in [0.1, 0.15) is 24.2 Å². The highest BCUT2D eigenvalue weighted by Crippen LogP contribution is 2.38. The Labute approximate surface area is 184 Å². The molecule has 2 aromatic carbocycles. The van der Waals surface area contributed by atoms with Crippen molar-refractivity contribution in [2.45, 2.75) is 30.4 Å². The number of hydrogen-bond donors (Lipinski definition) is 0. The maximum atomic E-state index is 13.7. The van der Waals surface area contributed by atoms with Gasteiger partial charge in [-0.25, -0.2) is 0 Å². The van der Waals surface area contributed by atoms with Crippen LogP contribution in [-0.2, 0) is 18.3 Å². The van der Waals surface area contributed by atoms with Crippen molar-refractivity contribution < 1.29 is 17.7 Å². The van der Waals surface area contributed by atoms with E-state index in [0.717, 1.165) is 17.8 Å². The summed E-state index contributed by atoms with van der Waals surface area (Å²) < 4.78 is 47.8. The summed E-state index contributed by atoms with van der Waals surface area (Å²) in [5, 5.41) is 12.8. The maximum absolute atomic E-state index is 13.7. The zero-order valence-electron chi connectivity index (χ0n) is 16.1. The molecule has 0 N–H and O–H groups in total. The monoisotopic (exact) mass is 465 g/mol. The van der Waals surface area contributed by atoms with Crippen LogP contribution in [0.2, 0.25) is 5.02 Å². The van der Waals surface area contributed by atoms with Crippen LogP contribution in [0.5, 0.6) is 0 Å². The Hall–Kier alpha value is -2.85. The number of thioether (sulfide) groups is 1. The van der Waals surface area contributed by atoms with Gasteiger partial charge in [0, 0.05) is 17.0 Å². The van der Waals surface area contributed by atoms with E-state index in [1.807, 2.05) is 6.92 Å². The van der Waals surface area contributed by atoms with Gasteiger partial charge in [-0.1, -0.05) is 59.7 Å². The van der Waals surface area contributed by atoms with Gasteiger partial charge in [-0.3, -0.25) is 4.57 Å². The molecule has 2 heterocycles. The fourth-order valence-corrected chi connectivity index (χ4v) is 3.89. The second kappa shape index (κ2) is 8.72. The molecule has 2 aromatic heterocycles. The lowest BCUT2D eigenvalue weighted by Crippen LogP contribution is -2.12. The number of aryl methyl sites for hydroxylation is 1. The van der Waals surface area contributed by atoms with Crippen LogP contribution in [0.25, 0.3) is 17.1 Å². The van der Waals surface area contributed by atoms with Crippen molar-refractivity contribution in [3.8, 4) is 17.1 Å². The molecule has 0 aliphatic heterocycles. The van der Waals surface area contributed by atoms with Crippen LogP contribution in [0.4, 0.5) is 13.2 Å². The molecule has 0 saturated heterocycles. The van der Waals surface area contributed by atoms with Crippen molar-refractivity contribution in [1.29, 1.82) is 0 Å². The fourth-order valence-electron chi connectivity index (χ4n) is 2.92. The number of halogens is 4. The second-order valence-corrected chi connectivity index (χ2v) is 7.79. The molecule has 0 saturated carbocycles. The zero-order chi connectivity index (χ0) is 22.0. The summed E-state index contributed by atoms with van der Waals surface area (Å²) in [6.07, 6.45) is -3.95. The van der Waals surface area contributed by atoms with Gasteiger partial charge in [0.05, 0.1) is 17.0 Å². The minimum atomic E-state index is -4.56. The van der Waals surface area contributed by atoms with E-state index in [-0.39, 0.29) is 22.4 Å². The van der Waals surface area contributed by atoms with Gasteiger partial charge in [0.2, 0.25) is 5.89 Å². The Kier molecular flexibility index (Phi) is 6.01. The summed E-state index contributed by atoms with van der Waals surface area (Å²) in [5.74, 6) is 1.37. The summed E-state index contributed by atoms with van der Waals surface area (Å²) >= 11 is 7.24. The number of nitrogens with zero attached hydrogens (tertiary/aromatic N) is 5. The van der Waals surface area contributed by atoms with Gasteiger partial charge in [-0.05, 0) is 24.3 Å². The van der Waals surface area contributed by atoms with Crippen molar-refractivity contribution in [3.63, 3.8) is 0 Å². The number of para-hydroxylation sites is 1. The molecule has 11 heteroatoms. The zero-order valence-corrected chi connectivity index (χ0v) is 17.7. The van der Waals surface area contributed by atoms with E-state index in [2.05, 4.69) is 20.3 Å². The predicted molar refractivity (Wildman–Crippen MR) is 110 cm³/mol. The summed E-state index contributed by atoms with van der Waals surface area (Å²) in [4.78, 5) is 4.23. The van der Waals surface area contributed by atoms with Crippen LogP contribution in [0, 0.1) is 0 Å². The van der Waals surface area contributed by atoms with Gasteiger partial charge in [0.25, 0.3) is 0 Å². The third kappa shape index (κ3) is 4.59. The molecular formula is C20H15ClF3N5OS. The lowest BCUT2D eigenvalue weighted by molar-refractivity contribution is -0.137. The van der Waals surface area contributed by atoms with Gasteiger partial charge in [0.1, 0.15) is 0 Å². The van der Waals surface area contributed by atoms with E-state index < -0.39 is 11.7 Å². The molecule has 4 aromatic rings. The molecule has 4 rings (SSSR count). The molecule has 0 aliphatic carbocycles. The Bertz CT molecular complexity index is 1210. The molecule has 0 spiro atoms. The van der Waals surface area contributed by atoms with Crippen LogP contribution >= 0.6 is 23.4 Å². The molecule has 31 heavy (non-hydrogen) atoms. The molecule has 0 bridgehead atoms. The number of hydrogen-bond acceptors (Lipinski definition) is 6. The standard InChI is InChI=1S/C20H15ClF3N5OS/c1-2-16-25-17(30-28-16)11-31-19-27-26-18(12-6-5-7-13(21)10-12)29(19)15-9-4-3-8-14(15)20(22,23)24/h3-10H,2,11H2,1H3. The van der Waals surface area contributed by atoms with Crippen molar-refractivity contribution in [3.05, 3.63) is 70.8 Å². The molecule has 6 nitrogen and oxygen atoms in total. The SMILES string of the molecule is CCc1noc(CSc2nnc(-c3cccc(Cl)c3)n2-c2ccccc2C(F)(F)F)n1. The second-order valence-electron chi connectivity index (χ2n) is 6.41. The Morgan fingerprint density at radius 2 is 1.90 bits per heavy atom. The average Bonchev–Trinajstić information content (AvgIpc) is 3.38. The number of aromatic nitrogens is 5. The molecule has 0 radical (unpaired) electrons. The average molecular weight is 466 g/mol. The van der Waals surface area contributed by atoms with Gasteiger partial charge < -0.3 is 4.52 Å². The normalized spacial score (nSPS) is 11.8. The van der Waals surface area contributed by atoms with Crippen LogP contribution in [0.15, 0.2) is 58.2 Å². The van der Waals surface area contributed by atoms with Gasteiger partial charge >= 0.3 is 6.18 Å². The summed E-state index contributed by atoms with van der Waals surface area (Å²) in [5.41, 5.74) is -0.349. The minimum absolute atomic E-state index is 0.0859. The predicted octanol–water partition coefficient (Wildman–Crippen LogP) is 5.84. The Morgan fingerprint density at radius 3 is 2.61 bits per heavy atom. The first kappa shape index (κ1) is 21.4. The molecule has 160 valence electrons. The van der Waals surface area contributed by atoms with Crippen LogP contribution in [-0.4, -0.2) is 24.9 Å². The molecule has 0 amide bonds. The largest absolute Gasteiger partial charge is 0.418 e. The van der Waals surface area contributed by atoms with Gasteiger partial charge in [-0.2, -0.15) is 18.2 Å². The third-order valence-electron chi connectivity index (χ3n) is 4.32. The highest BCUT2D eigenvalue weighted by Gasteiger charge is 2.35. The molecule has 0 atom stereocenters. The minimum Gasteiger partial charge on any atom is -0.338 e. The van der Waals surface area contributed by atoms with Crippen molar-refractivity contribution in [2.75, 3.05) is 0 Å². The van der Waals surface area contributed by atoms with Crippen molar-refractivity contribution in [1.82, 2.24) is 24.9 Å². The number of benzene rings is 2. The van der Waals surface area contributed by atoms with E-state index in [1.54, 1.807) is 24.3 Å². The topological polar surface area (TPSA) is 69.6 Å². The van der Waals surface area contributed by atoms with Gasteiger partial charge in [-0.15, -0.1) is 10.2 Å². The number of alkyl halides is 3. The van der Waals surface area contributed by atoms with E-state index in [0.29, 0.717) is 28.7 Å². The smallest absolute Gasteiger partial charge is 0.338 e. The summed E-state index contributed by atoms with van der Waals surface area (Å²) in [6, 6.07) is 12.0. The first-order chi connectivity index (χ1) is 14.9. The highest BCUT2D eigenvalue weighted by atomic mass is 35.5. The van der Waals surface area contributed by atoms with Gasteiger partial charge in [0.15, 0.2) is 16.8 Å². The Morgan fingerprint density at radius 1 is 1.10 bits per heavy atom. The van der Waals surface area contributed by atoms with E-state index in [9.17, 15) is 13.2 Å². The van der Waals surface area contributed by atoms with E-state index in [1.165, 1.54) is 22.8 Å². The van der Waals surface area contributed by atoms with Crippen LogP contribution < -0.4 is 0 Å². The molecule has 0 aliphatic rings. The summed E-state index contributed by atoms with van der Waals surface area (Å²) in [6.45, 7) is 1.89. The van der Waals surface area contributed by atoms with E-state index in [4.69, 9.17) is 16.1 Å².